The van der Waals surface area contributed by atoms with Crippen LogP contribution in [0.15, 0.2) is 18.2 Å². The molecular formula is C15H23NO3. The van der Waals surface area contributed by atoms with Crippen molar-refractivity contribution in [2.45, 2.75) is 32.3 Å². The van der Waals surface area contributed by atoms with Gasteiger partial charge in [0.15, 0.2) is 11.5 Å². The Labute approximate surface area is 114 Å². The lowest BCUT2D eigenvalue weighted by Crippen LogP contribution is -2.35. The number of benzene rings is 1. The van der Waals surface area contributed by atoms with Crippen molar-refractivity contribution < 1.29 is 14.6 Å². The van der Waals surface area contributed by atoms with Crippen LogP contribution in [0.5, 0.6) is 11.5 Å². The first kappa shape index (κ1) is 14.2. The highest BCUT2D eigenvalue weighted by Crippen LogP contribution is 2.33. The van der Waals surface area contributed by atoms with Crippen LogP contribution >= 0.6 is 0 Å². The van der Waals surface area contributed by atoms with E-state index < -0.39 is 5.60 Å². The normalized spacial score (nSPS) is 17.6. The predicted molar refractivity (Wildman–Crippen MR) is 74.8 cm³/mol. The lowest BCUT2D eigenvalue weighted by atomic mass is 9.95. The van der Waals surface area contributed by atoms with Crippen LogP contribution in [0.2, 0.25) is 0 Å². The van der Waals surface area contributed by atoms with Gasteiger partial charge in [-0.25, -0.2) is 0 Å². The number of hydrogen-bond donors (Lipinski definition) is 2. The molecule has 0 fully saturated rings. The molecule has 1 atom stereocenters. The van der Waals surface area contributed by atoms with Crippen LogP contribution in [0, 0.1) is 0 Å². The molecule has 1 aliphatic rings. The van der Waals surface area contributed by atoms with E-state index in [2.05, 4.69) is 12.2 Å². The molecule has 1 aromatic rings. The van der Waals surface area contributed by atoms with Crippen LogP contribution in [0.25, 0.3) is 0 Å². The molecular weight excluding hydrogens is 242 g/mol. The first-order valence-electron chi connectivity index (χ1n) is 6.97. The van der Waals surface area contributed by atoms with E-state index in [0.29, 0.717) is 19.8 Å². The Morgan fingerprint density at radius 2 is 2.00 bits per heavy atom. The molecule has 19 heavy (non-hydrogen) atoms. The maximum absolute atomic E-state index is 10.5. The Morgan fingerprint density at radius 1 is 1.26 bits per heavy atom. The van der Waals surface area contributed by atoms with E-state index in [1.165, 1.54) is 0 Å². The molecule has 106 valence electrons. The minimum absolute atomic E-state index is 0.528. The van der Waals surface area contributed by atoms with Gasteiger partial charge < -0.3 is 19.9 Å². The van der Waals surface area contributed by atoms with Gasteiger partial charge in [0, 0.05) is 13.0 Å². The van der Waals surface area contributed by atoms with E-state index in [9.17, 15) is 5.11 Å². The van der Waals surface area contributed by atoms with Gasteiger partial charge in [0.05, 0.1) is 18.8 Å². The molecule has 0 saturated carbocycles. The van der Waals surface area contributed by atoms with Crippen molar-refractivity contribution in [2.24, 2.45) is 0 Å². The molecule has 1 heterocycles. The molecule has 0 amide bonds. The van der Waals surface area contributed by atoms with E-state index in [1.807, 2.05) is 25.1 Å². The van der Waals surface area contributed by atoms with E-state index in [0.717, 1.165) is 36.4 Å². The summed E-state index contributed by atoms with van der Waals surface area (Å²) in [5, 5.41) is 13.8. The molecule has 1 aromatic carbocycles. The minimum Gasteiger partial charge on any atom is -0.490 e. The van der Waals surface area contributed by atoms with Crippen LogP contribution in [-0.2, 0) is 5.60 Å². The molecule has 4 heteroatoms. The zero-order chi connectivity index (χ0) is 13.7. The van der Waals surface area contributed by atoms with Gasteiger partial charge in [-0.1, -0.05) is 13.0 Å². The second kappa shape index (κ2) is 6.26. The molecule has 0 radical (unpaired) electrons. The second-order valence-electron chi connectivity index (χ2n) is 5.16. The first-order chi connectivity index (χ1) is 9.13. The molecule has 0 aromatic heterocycles. The van der Waals surface area contributed by atoms with Crippen LogP contribution in [0.3, 0.4) is 0 Å². The van der Waals surface area contributed by atoms with Crippen molar-refractivity contribution in [1.29, 1.82) is 0 Å². The third-order valence-corrected chi connectivity index (χ3v) is 3.27. The van der Waals surface area contributed by atoms with E-state index in [1.54, 1.807) is 0 Å². The van der Waals surface area contributed by atoms with Crippen LogP contribution < -0.4 is 14.8 Å². The van der Waals surface area contributed by atoms with Crippen molar-refractivity contribution in [1.82, 2.24) is 5.32 Å². The van der Waals surface area contributed by atoms with Gasteiger partial charge in [0.1, 0.15) is 0 Å². The first-order valence-corrected chi connectivity index (χ1v) is 6.97. The molecule has 1 aliphatic heterocycles. The van der Waals surface area contributed by atoms with Crippen LogP contribution in [-0.4, -0.2) is 31.4 Å². The quantitative estimate of drug-likeness (QED) is 0.800. The van der Waals surface area contributed by atoms with Gasteiger partial charge in [0.25, 0.3) is 0 Å². The molecule has 4 nitrogen and oxygen atoms in total. The fourth-order valence-corrected chi connectivity index (χ4v) is 2.11. The van der Waals surface area contributed by atoms with Crippen molar-refractivity contribution in [3.63, 3.8) is 0 Å². The minimum atomic E-state index is -0.903. The number of rotatable bonds is 5. The Hall–Kier alpha value is -1.26. The van der Waals surface area contributed by atoms with Crippen molar-refractivity contribution >= 4 is 0 Å². The number of nitrogens with one attached hydrogen (secondary N) is 1. The summed E-state index contributed by atoms with van der Waals surface area (Å²) in [7, 11) is 0. The average Bonchev–Trinajstić information content (AvgIpc) is 2.63. The topological polar surface area (TPSA) is 50.7 Å². The van der Waals surface area contributed by atoms with Gasteiger partial charge in [-0.2, -0.15) is 0 Å². The predicted octanol–water partition coefficient (Wildman–Crippen LogP) is 2.05. The Bertz CT molecular complexity index is 418. The van der Waals surface area contributed by atoms with Gasteiger partial charge in [-0.3, -0.25) is 0 Å². The van der Waals surface area contributed by atoms with Crippen LogP contribution in [0.4, 0.5) is 0 Å². The summed E-state index contributed by atoms with van der Waals surface area (Å²) >= 11 is 0. The SMILES string of the molecule is CCCNCC(C)(O)c1ccc2c(c1)OCCCO2. The summed E-state index contributed by atoms with van der Waals surface area (Å²) in [6, 6.07) is 5.67. The largest absolute Gasteiger partial charge is 0.490 e. The van der Waals surface area contributed by atoms with Gasteiger partial charge in [-0.15, -0.1) is 0 Å². The van der Waals surface area contributed by atoms with Crippen molar-refractivity contribution in [3.8, 4) is 11.5 Å². The fourth-order valence-electron chi connectivity index (χ4n) is 2.11. The maximum atomic E-state index is 10.5. The van der Waals surface area contributed by atoms with E-state index >= 15 is 0 Å². The third kappa shape index (κ3) is 3.61. The lowest BCUT2D eigenvalue weighted by Gasteiger charge is -2.25. The molecule has 0 aliphatic carbocycles. The fraction of sp³-hybridized carbons (Fsp3) is 0.600. The van der Waals surface area contributed by atoms with Crippen molar-refractivity contribution in [3.05, 3.63) is 23.8 Å². The van der Waals surface area contributed by atoms with Crippen molar-refractivity contribution in [2.75, 3.05) is 26.3 Å². The third-order valence-electron chi connectivity index (χ3n) is 3.27. The molecule has 1 unspecified atom stereocenters. The summed E-state index contributed by atoms with van der Waals surface area (Å²) in [5.74, 6) is 1.49. The van der Waals surface area contributed by atoms with E-state index in [-0.39, 0.29) is 0 Å². The highest BCUT2D eigenvalue weighted by atomic mass is 16.5. The average molecular weight is 265 g/mol. The Kier molecular flexibility index (Phi) is 4.66. The highest BCUT2D eigenvalue weighted by molar-refractivity contribution is 5.45. The molecule has 0 bridgehead atoms. The maximum Gasteiger partial charge on any atom is 0.161 e. The lowest BCUT2D eigenvalue weighted by molar-refractivity contribution is 0.0569. The number of hydrogen-bond acceptors (Lipinski definition) is 4. The standard InChI is InChI=1S/C15H23NO3/c1-3-7-16-11-15(2,17)12-5-6-13-14(10-12)19-9-4-8-18-13/h5-6,10,16-17H,3-4,7-9,11H2,1-2H3. The summed E-state index contributed by atoms with van der Waals surface area (Å²) in [5.41, 5.74) is -0.0554. The molecule has 0 spiro atoms. The second-order valence-corrected chi connectivity index (χ2v) is 5.16. The number of aliphatic hydroxyl groups is 1. The van der Waals surface area contributed by atoms with E-state index in [4.69, 9.17) is 9.47 Å². The number of ether oxygens (including phenoxy) is 2. The monoisotopic (exact) mass is 265 g/mol. The Balaban J connectivity index is 2.13. The highest BCUT2D eigenvalue weighted by Gasteiger charge is 2.24. The number of fused-ring (bicyclic) bond motifs is 1. The van der Waals surface area contributed by atoms with Crippen LogP contribution in [0.1, 0.15) is 32.3 Å². The molecule has 2 N–H and O–H groups in total. The van der Waals surface area contributed by atoms with Gasteiger partial charge in [-0.05, 0) is 37.6 Å². The smallest absolute Gasteiger partial charge is 0.161 e. The summed E-state index contributed by atoms with van der Waals surface area (Å²) in [4.78, 5) is 0. The summed E-state index contributed by atoms with van der Waals surface area (Å²) < 4.78 is 11.2. The summed E-state index contributed by atoms with van der Waals surface area (Å²) in [6.45, 7) is 6.69. The van der Waals surface area contributed by atoms with Gasteiger partial charge >= 0.3 is 0 Å². The zero-order valence-electron chi connectivity index (χ0n) is 11.7. The molecule has 2 rings (SSSR count). The summed E-state index contributed by atoms with van der Waals surface area (Å²) in [6.07, 6.45) is 1.94. The molecule has 0 saturated heterocycles. The zero-order valence-corrected chi connectivity index (χ0v) is 11.7. The van der Waals surface area contributed by atoms with Gasteiger partial charge in [0.2, 0.25) is 0 Å². The Morgan fingerprint density at radius 3 is 2.74 bits per heavy atom.